The molecule has 1 aromatic heterocycles. The van der Waals surface area contributed by atoms with E-state index in [4.69, 9.17) is 25.8 Å². The van der Waals surface area contributed by atoms with Crippen molar-refractivity contribution < 1.29 is 37.0 Å². The minimum absolute atomic E-state index is 0.0649. The van der Waals surface area contributed by atoms with Gasteiger partial charge in [-0.1, -0.05) is 23.7 Å². The van der Waals surface area contributed by atoms with Crippen LogP contribution in [-0.4, -0.2) is 57.3 Å². The van der Waals surface area contributed by atoms with Crippen molar-refractivity contribution in [1.29, 1.82) is 0 Å². The van der Waals surface area contributed by atoms with Crippen molar-refractivity contribution in [2.75, 3.05) is 20.2 Å². The van der Waals surface area contributed by atoms with E-state index in [0.717, 1.165) is 10.1 Å². The average molecular weight is 649 g/mol. The number of aromatic nitrogens is 3. The Morgan fingerprint density at radius 1 is 1.04 bits per heavy atom. The summed E-state index contributed by atoms with van der Waals surface area (Å²) in [6.07, 6.45) is -5.74. The number of nitrogens with zero attached hydrogens (tertiary/aromatic N) is 4. The fourth-order valence-corrected chi connectivity index (χ4v) is 6.15. The number of methoxy groups -OCH3 is 1. The van der Waals surface area contributed by atoms with Crippen molar-refractivity contribution in [3.63, 3.8) is 0 Å². The van der Waals surface area contributed by atoms with Gasteiger partial charge < -0.3 is 19.1 Å². The molecule has 0 aliphatic carbocycles. The highest BCUT2D eigenvalue weighted by atomic mass is 35.5. The number of ether oxygens (including phenoxy) is 3. The van der Waals surface area contributed by atoms with Gasteiger partial charge in [0.15, 0.2) is 5.82 Å². The van der Waals surface area contributed by atoms with Gasteiger partial charge in [-0.2, -0.15) is 13.2 Å². The number of likely N-dealkylation sites (tertiary alicyclic amines) is 1. The van der Waals surface area contributed by atoms with Gasteiger partial charge in [-0.3, -0.25) is 14.2 Å². The number of amides is 1. The third-order valence-corrected chi connectivity index (χ3v) is 8.31. The summed E-state index contributed by atoms with van der Waals surface area (Å²) in [7, 11) is 1.53. The van der Waals surface area contributed by atoms with Crippen molar-refractivity contribution in [3.05, 3.63) is 69.8 Å². The Hall–Kier alpha value is -3.64. The number of rotatable bonds is 6. The second-order valence-electron chi connectivity index (χ2n) is 12.4. The number of alkyl halides is 3. The first-order valence-electron chi connectivity index (χ1n) is 14.8. The van der Waals surface area contributed by atoms with E-state index in [2.05, 4.69) is 10.2 Å². The SMILES string of the molecule is COc1cccc([C@H]2O[C@H](CC(=O)N3CCC(CC(=O)OC(C)(C)C)CC3)c3nnc(C(F)(F)F)n3-c3ccc(Cl)cc32)c1C. The molecule has 0 radical (unpaired) electrons. The largest absolute Gasteiger partial charge is 0.496 e. The summed E-state index contributed by atoms with van der Waals surface area (Å²) in [4.78, 5) is 27.7. The molecule has 1 amide bonds. The van der Waals surface area contributed by atoms with Crippen LogP contribution in [0.5, 0.6) is 5.75 Å². The molecule has 2 aliphatic heterocycles. The molecule has 9 nitrogen and oxygen atoms in total. The molecule has 0 N–H and O–H groups in total. The summed E-state index contributed by atoms with van der Waals surface area (Å²) in [6, 6.07) is 9.88. The van der Waals surface area contributed by atoms with Crippen LogP contribution in [0.3, 0.4) is 0 Å². The lowest BCUT2D eigenvalue weighted by Crippen LogP contribution is -2.40. The molecule has 2 aliphatic rings. The highest BCUT2D eigenvalue weighted by molar-refractivity contribution is 6.30. The van der Waals surface area contributed by atoms with Crippen molar-refractivity contribution in [1.82, 2.24) is 19.7 Å². The minimum Gasteiger partial charge on any atom is -0.496 e. The first kappa shape index (κ1) is 32.7. The Morgan fingerprint density at radius 3 is 2.40 bits per heavy atom. The van der Waals surface area contributed by atoms with E-state index in [-0.39, 0.29) is 42.1 Å². The third kappa shape index (κ3) is 7.12. The summed E-state index contributed by atoms with van der Waals surface area (Å²) in [5.41, 5.74) is 1.30. The van der Waals surface area contributed by atoms with E-state index in [0.29, 0.717) is 47.8 Å². The molecule has 0 bridgehead atoms. The lowest BCUT2D eigenvalue weighted by atomic mass is 9.93. The predicted molar refractivity (Wildman–Crippen MR) is 159 cm³/mol. The van der Waals surface area contributed by atoms with E-state index in [1.807, 2.05) is 27.7 Å². The van der Waals surface area contributed by atoms with Crippen molar-refractivity contribution in [2.24, 2.45) is 5.92 Å². The zero-order chi connectivity index (χ0) is 32.7. The maximum Gasteiger partial charge on any atom is 0.452 e. The van der Waals surface area contributed by atoms with Crippen LogP contribution in [0, 0.1) is 12.8 Å². The van der Waals surface area contributed by atoms with Crippen LogP contribution in [0.1, 0.15) is 87.0 Å². The van der Waals surface area contributed by atoms with Crippen molar-refractivity contribution in [3.8, 4) is 11.4 Å². The molecule has 0 unspecified atom stereocenters. The summed E-state index contributed by atoms with van der Waals surface area (Å²) in [5.74, 6) is -1.31. The van der Waals surface area contributed by atoms with Crippen LogP contribution in [0.25, 0.3) is 5.69 Å². The Morgan fingerprint density at radius 2 is 1.76 bits per heavy atom. The van der Waals surface area contributed by atoms with Gasteiger partial charge in [-0.25, -0.2) is 0 Å². The Labute approximate surface area is 264 Å². The summed E-state index contributed by atoms with van der Waals surface area (Å²) in [6.45, 7) is 8.06. The topological polar surface area (TPSA) is 95.8 Å². The molecule has 3 aromatic rings. The molecule has 1 fully saturated rings. The molecule has 3 heterocycles. The predicted octanol–water partition coefficient (Wildman–Crippen LogP) is 6.78. The molecule has 45 heavy (non-hydrogen) atoms. The summed E-state index contributed by atoms with van der Waals surface area (Å²) < 4.78 is 61.3. The molecule has 2 atom stereocenters. The number of carbonyl (C=O) groups is 2. The lowest BCUT2D eigenvalue weighted by molar-refractivity contribution is -0.156. The smallest absolute Gasteiger partial charge is 0.452 e. The summed E-state index contributed by atoms with van der Waals surface area (Å²) >= 11 is 6.38. The lowest BCUT2D eigenvalue weighted by Gasteiger charge is -2.33. The monoisotopic (exact) mass is 648 g/mol. The van der Waals surface area contributed by atoms with Gasteiger partial charge >= 0.3 is 12.1 Å². The van der Waals surface area contributed by atoms with E-state index >= 15 is 0 Å². The van der Waals surface area contributed by atoms with Crippen LogP contribution >= 0.6 is 11.6 Å². The molecule has 0 spiro atoms. The van der Waals surface area contributed by atoms with Crippen LogP contribution in [0.4, 0.5) is 13.2 Å². The number of benzene rings is 2. The van der Waals surface area contributed by atoms with Crippen molar-refractivity contribution in [2.45, 2.75) is 77.4 Å². The quantitative estimate of drug-likeness (QED) is 0.272. The average Bonchev–Trinajstić information content (AvgIpc) is 3.36. The maximum atomic E-state index is 14.3. The Bertz CT molecular complexity index is 1580. The van der Waals surface area contributed by atoms with Crippen LogP contribution < -0.4 is 4.74 Å². The van der Waals surface area contributed by atoms with Gasteiger partial charge in [0.25, 0.3) is 0 Å². The number of carbonyl (C=O) groups excluding carboxylic acids is 2. The van der Waals surface area contributed by atoms with Crippen LogP contribution in [0.15, 0.2) is 36.4 Å². The molecule has 1 saturated heterocycles. The second-order valence-corrected chi connectivity index (χ2v) is 12.9. The second kappa shape index (κ2) is 12.6. The van der Waals surface area contributed by atoms with Crippen molar-refractivity contribution >= 4 is 23.5 Å². The Balaban J connectivity index is 1.47. The molecular formula is C32H36ClF3N4O5. The van der Waals surface area contributed by atoms with Gasteiger partial charge in [-0.05, 0) is 81.8 Å². The molecule has 2 aromatic carbocycles. The van der Waals surface area contributed by atoms with Gasteiger partial charge in [-0.15, -0.1) is 10.2 Å². The van der Waals surface area contributed by atoms with Crippen LogP contribution in [-0.2, 0) is 25.2 Å². The number of hydrogen-bond donors (Lipinski definition) is 0. The normalized spacial score (nSPS) is 19.0. The minimum atomic E-state index is -4.83. The summed E-state index contributed by atoms with van der Waals surface area (Å²) in [5, 5.41) is 7.73. The highest BCUT2D eigenvalue weighted by Crippen LogP contribution is 2.45. The van der Waals surface area contributed by atoms with Crippen LogP contribution in [0.2, 0.25) is 5.02 Å². The molecule has 242 valence electrons. The third-order valence-electron chi connectivity index (χ3n) is 8.07. The standard InChI is InChI=1S/C32H36ClF3N4O5/c1-18-21(7-6-8-24(18)43-5)28-22-16-20(33)9-10-23(22)40-29(37-38-30(40)32(34,35)36)25(44-28)17-26(41)39-13-11-19(12-14-39)15-27(42)45-31(2,3)4/h6-10,16,19,25,28H,11-15,17H2,1-5H3/t25-,28-/m1/s1. The molecule has 13 heteroatoms. The number of fused-ring (bicyclic) bond motifs is 3. The first-order valence-corrected chi connectivity index (χ1v) is 15.1. The van der Waals surface area contributed by atoms with Gasteiger partial charge in [0.05, 0.1) is 19.2 Å². The van der Waals surface area contributed by atoms with E-state index < -0.39 is 29.8 Å². The maximum absolute atomic E-state index is 14.3. The van der Waals surface area contributed by atoms with Gasteiger partial charge in [0.1, 0.15) is 23.6 Å². The highest BCUT2D eigenvalue weighted by Gasteiger charge is 2.44. The first-order chi connectivity index (χ1) is 21.2. The fourth-order valence-electron chi connectivity index (χ4n) is 5.97. The molecule has 5 rings (SSSR count). The van der Waals surface area contributed by atoms with Gasteiger partial charge in [0, 0.05) is 30.1 Å². The van der Waals surface area contributed by atoms with E-state index in [1.54, 1.807) is 29.2 Å². The zero-order valence-electron chi connectivity index (χ0n) is 25.8. The number of esters is 1. The Kier molecular flexibility index (Phi) is 9.19. The number of piperidine rings is 1. The van der Waals surface area contributed by atoms with E-state index in [9.17, 15) is 22.8 Å². The zero-order valence-corrected chi connectivity index (χ0v) is 26.5. The molecule has 0 saturated carbocycles. The van der Waals surface area contributed by atoms with Gasteiger partial charge in [0.2, 0.25) is 11.7 Å². The van der Waals surface area contributed by atoms with E-state index in [1.165, 1.54) is 19.2 Å². The number of halogens is 4. The number of hydrogen-bond acceptors (Lipinski definition) is 7. The molecular weight excluding hydrogens is 613 g/mol. The fraction of sp³-hybridized carbons (Fsp3) is 0.500.